The number of aromatic nitrogens is 2. The molecule has 0 spiro atoms. The molecule has 0 saturated carbocycles. The van der Waals surface area contributed by atoms with E-state index in [-0.39, 0.29) is 0 Å². The van der Waals surface area contributed by atoms with Gasteiger partial charge in [0.1, 0.15) is 5.69 Å². The zero-order valence-corrected chi connectivity index (χ0v) is 11.2. The van der Waals surface area contributed by atoms with E-state index in [1.165, 1.54) is 4.88 Å². The number of aliphatic hydroxyl groups is 1. The number of thiazole rings is 1. The molecule has 3 rings (SSSR count). The van der Waals surface area contributed by atoms with Crippen molar-refractivity contribution in [3.05, 3.63) is 34.3 Å². The summed E-state index contributed by atoms with van der Waals surface area (Å²) in [7, 11) is 0. The monoisotopic (exact) mass is 264 g/mol. The molecule has 3 heterocycles. The Hall–Kier alpha value is -1.17. The predicted molar refractivity (Wildman–Crippen MR) is 71.8 cm³/mol. The number of aryl methyl sites for hydroxylation is 1. The van der Waals surface area contributed by atoms with Gasteiger partial charge in [-0.05, 0) is 25.3 Å². The number of fused-ring (bicyclic) bond motifs is 1. The number of hydrogen-bond acceptors (Lipinski definition) is 4. The first kappa shape index (κ1) is 11.0. The molecule has 0 aliphatic carbocycles. The van der Waals surface area contributed by atoms with Crippen molar-refractivity contribution in [1.82, 2.24) is 9.38 Å². The molecule has 0 amide bonds. The van der Waals surface area contributed by atoms with Gasteiger partial charge in [-0.3, -0.25) is 4.40 Å². The molecular formula is C12H12N2OS2. The van der Waals surface area contributed by atoms with Crippen LogP contribution >= 0.6 is 22.7 Å². The minimum atomic E-state index is -0.424. The van der Waals surface area contributed by atoms with Crippen molar-refractivity contribution in [2.75, 3.05) is 0 Å². The van der Waals surface area contributed by atoms with Crippen LogP contribution in [0.4, 0.5) is 0 Å². The van der Waals surface area contributed by atoms with Crippen molar-refractivity contribution in [2.45, 2.75) is 20.0 Å². The average molecular weight is 264 g/mol. The maximum Gasteiger partial charge on any atom is 0.194 e. The molecular weight excluding hydrogens is 252 g/mol. The highest BCUT2D eigenvalue weighted by molar-refractivity contribution is 7.17. The molecule has 3 aromatic rings. The van der Waals surface area contributed by atoms with E-state index in [9.17, 15) is 5.11 Å². The van der Waals surface area contributed by atoms with Gasteiger partial charge in [0.2, 0.25) is 0 Å². The fourth-order valence-corrected chi connectivity index (χ4v) is 3.62. The van der Waals surface area contributed by atoms with Crippen LogP contribution in [0.2, 0.25) is 0 Å². The molecule has 0 radical (unpaired) electrons. The summed E-state index contributed by atoms with van der Waals surface area (Å²) in [6, 6.07) is 4.10. The fraction of sp³-hybridized carbons (Fsp3) is 0.250. The Balaban J connectivity index is 2.16. The Kier molecular flexibility index (Phi) is 2.54. The van der Waals surface area contributed by atoms with E-state index in [1.54, 1.807) is 29.6 Å². The summed E-state index contributed by atoms with van der Waals surface area (Å²) in [5.74, 6) is 0. The quantitative estimate of drug-likeness (QED) is 0.769. The van der Waals surface area contributed by atoms with E-state index < -0.39 is 6.10 Å². The van der Waals surface area contributed by atoms with E-state index >= 15 is 0 Å². The molecule has 3 nitrogen and oxygen atoms in total. The average Bonchev–Trinajstić information content (AvgIpc) is 2.94. The van der Waals surface area contributed by atoms with Crippen molar-refractivity contribution in [2.24, 2.45) is 0 Å². The lowest BCUT2D eigenvalue weighted by Crippen LogP contribution is -1.91. The van der Waals surface area contributed by atoms with Crippen LogP contribution in [0, 0.1) is 6.92 Å². The molecule has 88 valence electrons. The Labute approximate surface area is 107 Å². The smallest absolute Gasteiger partial charge is 0.194 e. The number of nitrogens with zero attached hydrogens (tertiary/aromatic N) is 2. The van der Waals surface area contributed by atoms with E-state index in [0.717, 1.165) is 21.2 Å². The zero-order valence-electron chi connectivity index (χ0n) is 9.54. The maximum atomic E-state index is 9.65. The Morgan fingerprint density at radius 1 is 1.47 bits per heavy atom. The summed E-state index contributed by atoms with van der Waals surface area (Å²) in [4.78, 5) is 7.72. The summed E-state index contributed by atoms with van der Waals surface area (Å²) in [5.41, 5.74) is 2.08. The standard InChI is InChI=1S/C12H12N2OS2/c1-7-11(8(2)15)17-12-13-9(6-14(7)12)10-4-3-5-16-10/h3-6,8,15H,1-2H3. The molecule has 1 atom stereocenters. The lowest BCUT2D eigenvalue weighted by Gasteiger charge is -2.00. The number of rotatable bonds is 2. The van der Waals surface area contributed by atoms with Crippen molar-refractivity contribution in [3.8, 4) is 10.6 Å². The SMILES string of the molecule is Cc1c(C(C)O)sc2nc(-c3cccs3)cn12. The highest BCUT2D eigenvalue weighted by Gasteiger charge is 2.15. The van der Waals surface area contributed by atoms with Gasteiger partial charge < -0.3 is 5.11 Å². The van der Waals surface area contributed by atoms with Crippen LogP contribution in [-0.2, 0) is 0 Å². The van der Waals surface area contributed by atoms with Gasteiger partial charge in [0.05, 0.1) is 15.9 Å². The third kappa shape index (κ3) is 1.71. The van der Waals surface area contributed by atoms with E-state index in [1.807, 2.05) is 19.2 Å². The van der Waals surface area contributed by atoms with Gasteiger partial charge in [-0.2, -0.15) is 0 Å². The first-order valence-electron chi connectivity index (χ1n) is 5.37. The summed E-state index contributed by atoms with van der Waals surface area (Å²) in [6.45, 7) is 3.81. The first-order valence-corrected chi connectivity index (χ1v) is 7.07. The summed E-state index contributed by atoms with van der Waals surface area (Å²) in [5, 5.41) is 11.7. The van der Waals surface area contributed by atoms with Crippen LogP contribution < -0.4 is 0 Å². The second kappa shape index (κ2) is 3.94. The van der Waals surface area contributed by atoms with Crippen molar-refractivity contribution < 1.29 is 5.11 Å². The number of thiophene rings is 1. The molecule has 17 heavy (non-hydrogen) atoms. The van der Waals surface area contributed by atoms with Crippen molar-refractivity contribution in [3.63, 3.8) is 0 Å². The van der Waals surface area contributed by atoms with Gasteiger partial charge in [0.25, 0.3) is 0 Å². The van der Waals surface area contributed by atoms with E-state index in [4.69, 9.17) is 0 Å². The summed E-state index contributed by atoms with van der Waals surface area (Å²) < 4.78 is 2.06. The Bertz CT molecular complexity index is 649. The largest absolute Gasteiger partial charge is 0.388 e. The summed E-state index contributed by atoms with van der Waals surface area (Å²) in [6.07, 6.45) is 1.62. The highest BCUT2D eigenvalue weighted by Crippen LogP contribution is 2.31. The predicted octanol–water partition coefficient (Wildman–Crippen LogP) is 3.49. The van der Waals surface area contributed by atoms with Gasteiger partial charge in [-0.25, -0.2) is 4.98 Å². The van der Waals surface area contributed by atoms with Crippen LogP contribution in [0.15, 0.2) is 23.7 Å². The third-order valence-corrected chi connectivity index (χ3v) is 4.97. The maximum absolute atomic E-state index is 9.65. The second-order valence-corrected chi connectivity index (χ2v) is 5.94. The van der Waals surface area contributed by atoms with Crippen molar-refractivity contribution in [1.29, 1.82) is 0 Å². The molecule has 0 bridgehead atoms. The first-order chi connectivity index (χ1) is 8.16. The van der Waals surface area contributed by atoms with Gasteiger partial charge in [0.15, 0.2) is 4.96 Å². The Morgan fingerprint density at radius 2 is 2.29 bits per heavy atom. The second-order valence-electron chi connectivity index (χ2n) is 3.98. The zero-order chi connectivity index (χ0) is 12.0. The molecule has 1 unspecified atom stereocenters. The lowest BCUT2D eigenvalue weighted by molar-refractivity contribution is 0.202. The lowest BCUT2D eigenvalue weighted by atomic mass is 10.3. The molecule has 0 aliphatic rings. The van der Waals surface area contributed by atoms with E-state index in [2.05, 4.69) is 20.8 Å². The molecule has 3 aromatic heterocycles. The van der Waals surface area contributed by atoms with Gasteiger partial charge in [-0.1, -0.05) is 17.4 Å². The molecule has 0 aliphatic heterocycles. The topological polar surface area (TPSA) is 37.5 Å². The Morgan fingerprint density at radius 3 is 2.88 bits per heavy atom. The molecule has 1 N–H and O–H groups in total. The minimum absolute atomic E-state index is 0.424. The van der Waals surface area contributed by atoms with Gasteiger partial charge in [-0.15, -0.1) is 11.3 Å². The normalized spacial score (nSPS) is 13.4. The number of imidazole rings is 1. The van der Waals surface area contributed by atoms with Crippen LogP contribution in [0.25, 0.3) is 15.5 Å². The minimum Gasteiger partial charge on any atom is -0.388 e. The molecule has 0 aromatic carbocycles. The van der Waals surface area contributed by atoms with Gasteiger partial charge >= 0.3 is 0 Å². The third-order valence-electron chi connectivity index (χ3n) is 2.75. The van der Waals surface area contributed by atoms with E-state index in [0.29, 0.717) is 0 Å². The van der Waals surface area contributed by atoms with Crippen LogP contribution in [0.1, 0.15) is 23.6 Å². The van der Waals surface area contributed by atoms with Gasteiger partial charge in [0, 0.05) is 11.9 Å². The molecule has 5 heteroatoms. The highest BCUT2D eigenvalue weighted by atomic mass is 32.1. The van der Waals surface area contributed by atoms with Crippen LogP contribution in [0.3, 0.4) is 0 Å². The van der Waals surface area contributed by atoms with Crippen molar-refractivity contribution >= 4 is 27.6 Å². The fourth-order valence-electron chi connectivity index (χ4n) is 1.90. The van der Waals surface area contributed by atoms with Crippen LogP contribution in [0.5, 0.6) is 0 Å². The number of aliphatic hydroxyl groups excluding tert-OH is 1. The van der Waals surface area contributed by atoms with Crippen LogP contribution in [-0.4, -0.2) is 14.5 Å². The molecule has 0 saturated heterocycles. The molecule has 0 fully saturated rings. The number of hydrogen-bond donors (Lipinski definition) is 1. The summed E-state index contributed by atoms with van der Waals surface area (Å²) >= 11 is 3.25.